The first-order valence-electron chi connectivity index (χ1n) is 11.0. The van der Waals surface area contributed by atoms with E-state index in [1.54, 1.807) is 36.4 Å². The molecule has 0 aliphatic heterocycles. The lowest BCUT2D eigenvalue weighted by atomic mass is 10.1. The largest absolute Gasteiger partial charge is 0.457 e. The topological polar surface area (TPSA) is 52.6 Å². The predicted molar refractivity (Wildman–Crippen MR) is 135 cm³/mol. The number of benzene rings is 3. The van der Waals surface area contributed by atoms with Crippen molar-refractivity contribution in [2.45, 2.75) is 55.4 Å². The zero-order chi connectivity index (χ0) is 24.9. The third-order valence-electron chi connectivity index (χ3n) is 3.58. The maximum atomic E-state index is 12.1. The molecule has 0 saturated carbocycles. The van der Waals surface area contributed by atoms with Gasteiger partial charge in [0.05, 0.1) is 5.56 Å². The van der Waals surface area contributed by atoms with Crippen LogP contribution in [0.3, 0.4) is 0 Å². The summed E-state index contributed by atoms with van der Waals surface area (Å²) < 4.78 is 11.1. The van der Waals surface area contributed by atoms with Crippen LogP contribution < -0.4 is 9.47 Å². The fraction of sp³-hybridized carbons (Fsp3) is 0.286. The van der Waals surface area contributed by atoms with Gasteiger partial charge in [-0.3, -0.25) is 0 Å². The van der Waals surface area contributed by atoms with Crippen LogP contribution in [0.5, 0.6) is 17.2 Å². The van der Waals surface area contributed by atoms with E-state index in [0.717, 1.165) is 11.3 Å². The first-order valence-corrected chi connectivity index (χ1v) is 11.0. The van der Waals surface area contributed by atoms with Gasteiger partial charge in [-0.15, -0.1) is 0 Å². The van der Waals surface area contributed by atoms with E-state index < -0.39 is 0 Å². The van der Waals surface area contributed by atoms with E-state index in [1.165, 1.54) is 5.56 Å². The minimum atomic E-state index is -0.373. The van der Waals surface area contributed by atoms with Gasteiger partial charge in [-0.05, 0) is 62.4 Å². The van der Waals surface area contributed by atoms with E-state index in [9.17, 15) is 4.79 Å². The Balaban J connectivity index is 0. The van der Waals surface area contributed by atoms with Crippen molar-refractivity contribution in [3.63, 3.8) is 0 Å². The smallest absolute Gasteiger partial charge is 0.343 e. The standard InChI is InChI=1S/C21H18O3.3C2H6.CH2O/c1-15-3-7-17(8-4-15)21(22)24-20-13-11-19(12-14-20)23-18-9-5-16(2)6-10-18;4*1-2/h3-14H,1-2H3;3*1-2H3;1H2. The lowest BCUT2D eigenvalue weighted by molar-refractivity contribution is -0.0980. The molecule has 0 unspecified atom stereocenters. The summed E-state index contributed by atoms with van der Waals surface area (Å²) in [6, 6.07) is 22.1. The molecule has 0 aliphatic rings. The Morgan fingerprint density at radius 1 is 0.562 bits per heavy atom. The SMILES string of the molecule is C=O.CC.CC.CC.Cc1ccc(Oc2ccc(OC(=O)c3ccc(C)cc3)cc2)cc1. The van der Waals surface area contributed by atoms with Crippen molar-refractivity contribution >= 4 is 12.8 Å². The highest BCUT2D eigenvalue weighted by atomic mass is 16.5. The third-order valence-corrected chi connectivity index (χ3v) is 3.58. The number of carbonyl (C=O) groups is 2. The van der Waals surface area contributed by atoms with Crippen molar-refractivity contribution in [2.75, 3.05) is 0 Å². The first-order chi connectivity index (χ1) is 15.6. The van der Waals surface area contributed by atoms with E-state index in [2.05, 4.69) is 0 Å². The Morgan fingerprint density at radius 2 is 0.875 bits per heavy atom. The monoisotopic (exact) mass is 438 g/mol. The zero-order valence-corrected chi connectivity index (χ0v) is 20.8. The number of hydrogen-bond donors (Lipinski definition) is 0. The fourth-order valence-corrected chi connectivity index (χ4v) is 2.17. The number of ether oxygens (including phenoxy) is 2. The average molecular weight is 439 g/mol. The molecule has 0 radical (unpaired) electrons. The molecule has 0 aliphatic carbocycles. The first kappa shape index (κ1) is 30.8. The molecule has 0 fully saturated rings. The van der Waals surface area contributed by atoms with Crippen LogP contribution in [0.2, 0.25) is 0 Å². The predicted octanol–water partition coefficient (Wildman–Crippen LogP) is 8.21. The second-order valence-electron chi connectivity index (χ2n) is 5.64. The van der Waals surface area contributed by atoms with Gasteiger partial charge < -0.3 is 14.3 Å². The van der Waals surface area contributed by atoms with Gasteiger partial charge in [0.1, 0.15) is 24.0 Å². The highest BCUT2D eigenvalue weighted by molar-refractivity contribution is 5.91. The van der Waals surface area contributed by atoms with E-state index in [4.69, 9.17) is 14.3 Å². The van der Waals surface area contributed by atoms with Crippen LogP contribution in [-0.2, 0) is 4.79 Å². The molecule has 0 aromatic heterocycles. The molecule has 3 aromatic rings. The van der Waals surface area contributed by atoms with Crippen molar-refractivity contribution in [1.82, 2.24) is 0 Å². The van der Waals surface area contributed by atoms with Crippen LogP contribution >= 0.6 is 0 Å². The Hall–Kier alpha value is -3.40. The van der Waals surface area contributed by atoms with E-state index >= 15 is 0 Å². The molecule has 4 nitrogen and oxygen atoms in total. The van der Waals surface area contributed by atoms with Gasteiger partial charge in [0.2, 0.25) is 0 Å². The van der Waals surface area contributed by atoms with Crippen LogP contribution in [0.1, 0.15) is 63.0 Å². The molecule has 0 bridgehead atoms. The summed E-state index contributed by atoms with van der Waals surface area (Å²) in [6.07, 6.45) is 0. The van der Waals surface area contributed by atoms with E-state index in [0.29, 0.717) is 17.1 Å². The van der Waals surface area contributed by atoms with Crippen molar-refractivity contribution in [3.05, 3.63) is 89.5 Å². The van der Waals surface area contributed by atoms with Crippen LogP contribution in [0, 0.1) is 13.8 Å². The molecule has 3 rings (SSSR count). The Bertz CT molecular complexity index is 836. The average Bonchev–Trinajstić information content (AvgIpc) is 2.87. The molecule has 0 N–H and O–H groups in total. The second-order valence-corrected chi connectivity index (χ2v) is 5.64. The van der Waals surface area contributed by atoms with Gasteiger partial charge in [-0.25, -0.2) is 4.79 Å². The minimum Gasteiger partial charge on any atom is -0.457 e. The summed E-state index contributed by atoms with van der Waals surface area (Å²) in [5.74, 6) is 1.57. The zero-order valence-electron chi connectivity index (χ0n) is 20.8. The summed E-state index contributed by atoms with van der Waals surface area (Å²) in [7, 11) is 0. The Kier molecular flexibility index (Phi) is 18.8. The molecule has 32 heavy (non-hydrogen) atoms. The van der Waals surface area contributed by atoms with Crippen molar-refractivity contribution < 1.29 is 19.1 Å². The summed E-state index contributed by atoms with van der Waals surface area (Å²) >= 11 is 0. The quantitative estimate of drug-likeness (QED) is 0.304. The summed E-state index contributed by atoms with van der Waals surface area (Å²) in [4.78, 5) is 20.1. The summed E-state index contributed by atoms with van der Waals surface area (Å²) in [5.41, 5.74) is 2.81. The highest BCUT2D eigenvalue weighted by Crippen LogP contribution is 2.24. The van der Waals surface area contributed by atoms with Crippen molar-refractivity contribution in [2.24, 2.45) is 0 Å². The molecule has 4 heteroatoms. The van der Waals surface area contributed by atoms with Gasteiger partial charge in [-0.2, -0.15) is 0 Å². The molecular weight excluding hydrogens is 400 g/mol. The maximum absolute atomic E-state index is 12.1. The number of carbonyl (C=O) groups excluding carboxylic acids is 2. The van der Waals surface area contributed by atoms with Gasteiger partial charge in [0.25, 0.3) is 0 Å². The van der Waals surface area contributed by atoms with Crippen molar-refractivity contribution in [3.8, 4) is 17.2 Å². The summed E-state index contributed by atoms with van der Waals surface area (Å²) in [6.45, 7) is 18.0. The molecule has 0 atom stereocenters. The number of aryl methyl sites for hydroxylation is 2. The maximum Gasteiger partial charge on any atom is 0.343 e. The van der Waals surface area contributed by atoms with Crippen molar-refractivity contribution in [1.29, 1.82) is 0 Å². The number of esters is 1. The lowest BCUT2D eigenvalue weighted by Gasteiger charge is -2.08. The Morgan fingerprint density at radius 3 is 1.28 bits per heavy atom. The molecule has 0 heterocycles. The molecule has 0 saturated heterocycles. The molecule has 0 spiro atoms. The highest BCUT2D eigenvalue weighted by Gasteiger charge is 2.08. The lowest BCUT2D eigenvalue weighted by Crippen LogP contribution is -2.08. The summed E-state index contributed by atoms with van der Waals surface area (Å²) in [5, 5.41) is 0. The Labute approximate surface area is 194 Å². The van der Waals surface area contributed by atoms with Crippen LogP contribution in [0.15, 0.2) is 72.8 Å². The normalized spacial score (nSPS) is 8.38. The third kappa shape index (κ3) is 11.7. The van der Waals surface area contributed by atoms with E-state index in [1.807, 2.05) is 98.6 Å². The van der Waals surface area contributed by atoms with Gasteiger partial charge in [0, 0.05) is 0 Å². The molecule has 174 valence electrons. The van der Waals surface area contributed by atoms with E-state index in [-0.39, 0.29) is 5.97 Å². The van der Waals surface area contributed by atoms with Gasteiger partial charge >= 0.3 is 5.97 Å². The number of rotatable bonds is 4. The van der Waals surface area contributed by atoms with Crippen LogP contribution in [0.25, 0.3) is 0 Å². The molecular formula is C28H38O4. The van der Waals surface area contributed by atoms with Crippen LogP contribution in [0.4, 0.5) is 0 Å². The number of hydrogen-bond acceptors (Lipinski definition) is 4. The van der Waals surface area contributed by atoms with Gasteiger partial charge in [0.15, 0.2) is 0 Å². The van der Waals surface area contributed by atoms with Gasteiger partial charge in [-0.1, -0.05) is 76.9 Å². The second kappa shape index (κ2) is 19.6. The molecule has 3 aromatic carbocycles. The minimum absolute atomic E-state index is 0.373. The fourth-order valence-electron chi connectivity index (χ4n) is 2.17. The molecule has 0 amide bonds. The van der Waals surface area contributed by atoms with Crippen LogP contribution in [-0.4, -0.2) is 12.8 Å².